The largest absolute Gasteiger partial charge is 0.347 e. The lowest BCUT2D eigenvalue weighted by atomic mass is 9.70. The molecular formula is C11H16O2. The highest BCUT2D eigenvalue weighted by molar-refractivity contribution is 5.13. The summed E-state index contributed by atoms with van der Waals surface area (Å²) in [6.45, 7) is 1.66. The second-order valence-corrected chi connectivity index (χ2v) is 5.49. The van der Waals surface area contributed by atoms with Crippen molar-refractivity contribution in [2.75, 3.05) is 13.2 Å². The van der Waals surface area contributed by atoms with Gasteiger partial charge in [0.05, 0.1) is 13.2 Å². The molecule has 0 aromatic rings. The first-order valence-corrected chi connectivity index (χ1v) is 5.60. The van der Waals surface area contributed by atoms with Gasteiger partial charge in [-0.05, 0) is 37.0 Å². The Morgan fingerprint density at radius 1 is 0.923 bits per heavy atom. The molecule has 1 heterocycles. The van der Waals surface area contributed by atoms with Crippen molar-refractivity contribution in [1.82, 2.24) is 0 Å². The molecule has 0 aromatic carbocycles. The molecule has 0 N–H and O–H groups in total. The summed E-state index contributed by atoms with van der Waals surface area (Å²) < 4.78 is 11.6. The van der Waals surface area contributed by atoms with Crippen molar-refractivity contribution in [2.24, 2.45) is 17.3 Å². The van der Waals surface area contributed by atoms with E-state index in [1.807, 2.05) is 0 Å². The quantitative estimate of drug-likeness (QED) is 0.567. The van der Waals surface area contributed by atoms with Gasteiger partial charge >= 0.3 is 0 Å². The molecule has 4 rings (SSSR count). The van der Waals surface area contributed by atoms with Crippen LogP contribution in [0.4, 0.5) is 0 Å². The van der Waals surface area contributed by atoms with E-state index in [0.717, 1.165) is 30.5 Å². The standard InChI is InChI=1S/C11H16O2/c1-2-10(1)5-8-6-11(9(8)7-10)12-3-4-13-11/h8-9H,1-7H2/t8-,9-/m1/s1. The minimum Gasteiger partial charge on any atom is -0.347 e. The summed E-state index contributed by atoms with van der Waals surface area (Å²) in [5.74, 6) is 1.62. The highest BCUT2D eigenvalue weighted by atomic mass is 16.7. The lowest BCUT2D eigenvalue weighted by Gasteiger charge is -2.47. The third kappa shape index (κ3) is 0.774. The van der Waals surface area contributed by atoms with E-state index in [2.05, 4.69) is 0 Å². The first-order valence-electron chi connectivity index (χ1n) is 5.60. The molecule has 4 fully saturated rings. The molecule has 1 aliphatic heterocycles. The molecule has 72 valence electrons. The molecule has 1 saturated heterocycles. The number of rotatable bonds is 0. The molecule has 4 aliphatic rings. The Hall–Kier alpha value is -0.0800. The van der Waals surface area contributed by atoms with Crippen LogP contribution in [0.3, 0.4) is 0 Å². The van der Waals surface area contributed by atoms with Gasteiger partial charge in [0.1, 0.15) is 0 Å². The van der Waals surface area contributed by atoms with Crippen LogP contribution in [0.2, 0.25) is 0 Å². The molecule has 2 nitrogen and oxygen atoms in total. The molecule has 2 spiro atoms. The monoisotopic (exact) mass is 180 g/mol. The van der Waals surface area contributed by atoms with E-state index in [-0.39, 0.29) is 5.79 Å². The van der Waals surface area contributed by atoms with Crippen LogP contribution in [-0.2, 0) is 9.47 Å². The Labute approximate surface area is 78.6 Å². The fraction of sp³-hybridized carbons (Fsp3) is 1.00. The summed E-state index contributed by atoms with van der Waals surface area (Å²) in [5, 5.41) is 0. The molecule has 0 radical (unpaired) electrons. The molecule has 0 bridgehead atoms. The molecule has 0 aromatic heterocycles. The summed E-state index contributed by atoms with van der Waals surface area (Å²) in [5.41, 5.74) is 0.772. The van der Waals surface area contributed by atoms with Crippen molar-refractivity contribution in [3.63, 3.8) is 0 Å². The average Bonchev–Trinajstić information content (AvgIpc) is 2.57. The summed E-state index contributed by atoms with van der Waals surface area (Å²) in [7, 11) is 0. The number of hydrogen-bond acceptors (Lipinski definition) is 2. The molecule has 13 heavy (non-hydrogen) atoms. The lowest BCUT2D eigenvalue weighted by Crippen LogP contribution is -2.52. The van der Waals surface area contributed by atoms with Gasteiger partial charge in [0.25, 0.3) is 0 Å². The van der Waals surface area contributed by atoms with Crippen LogP contribution in [0.25, 0.3) is 0 Å². The zero-order valence-corrected chi connectivity index (χ0v) is 7.92. The summed E-state index contributed by atoms with van der Waals surface area (Å²) in [4.78, 5) is 0. The minimum absolute atomic E-state index is 0.0866. The van der Waals surface area contributed by atoms with Gasteiger partial charge in [0.15, 0.2) is 5.79 Å². The normalized spacial score (nSPS) is 48.0. The lowest BCUT2D eigenvalue weighted by molar-refractivity contribution is -0.267. The van der Waals surface area contributed by atoms with Crippen molar-refractivity contribution >= 4 is 0 Å². The van der Waals surface area contributed by atoms with Gasteiger partial charge in [-0.15, -0.1) is 0 Å². The smallest absolute Gasteiger partial charge is 0.171 e. The minimum atomic E-state index is -0.0866. The Balaban J connectivity index is 1.60. The number of hydrogen-bond donors (Lipinski definition) is 0. The maximum atomic E-state index is 5.79. The van der Waals surface area contributed by atoms with Crippen LogP contribution in [0.5, 0.6) is 0 Å². The Kier molecular flexibility index (Phi) is 1.09. The zero-order valence-electron chi connectivity index (χ0n) is 7.92. The van der Waals surface area contributed by atoms with Gasteiger partial charge in [-0.25, -0.2) is 0 Å². The molecule has 2 heteroatoms. The molecule has 3 saturated carbocycles. The predicted octanol–water partition coefficient (Wildman–Crippen LogP) is 1.94. The van der Waals surface area contributed by atoms with Crippen LogP contribution in [-0.4, -0.2) is 19.0 Å². The SMILES string of the molecule is C1COC2(C[C@H]3CC4(CC4)C[C@H]32)O1. The maximum Gasteiger partial charge on any atom is 0.171 e. The highest BCUT2D eigenvalue weighted by Crippen LogP contribution is 2.70. The second-order valence-electron chi connectivity index (χ2n) is 5.49. The summed E-state index contributed by atoms with van der Waals surface area (Å²) in [6, 6.07) is 0. The Morgan fingerprint density at radius 2 is 1.69 bits per heavy atom. The third-order valence-corrected chi connectivity index (χ3v) is 4.76. The highest BCUT2D eigenvalue weighted by Gasteiger charge is 2.67. The van der Waals surface area contributed by atoms with Gasteiger partial charge in [-0.3, -0.25) is 0 Å². The first kappa shape index (κ1) is 7.24. The van der Waals surface area contributed by atoms with Gasteiger partial charge in [0.2, 0.25) is 0 Å². The van der Waals surface area contributed by atoms with E-state index in [4.69, 9.17) is 9.47 Å². The maximum absolute atomic E-state index is 5.79. The van der Waals surface area contributed by atoms with Gasteiger partial charge in [0, 0.05) is 12.3 Å². The Morgan fingerprint density at radius 3 is 2.38 bits per heavy atom. The van der Waals surface area contributed by atoms with Crippen molar-refractivity contribution < 1.29 is 9.47 Å². The molecule has 3 aliphatic carbocycles. The Bertz CT molecular complexity index is 251. The molecule has 0 amide bonds. The second kappa shape index (κ2) is 1.96. The average molecular weight is 180 g/mol. The summed E-state index contributed by atoms with van der Waals surface area (Å²) in [6.07, 6.45) is 7.04. The van der Waals surface area contributed by atoms with Crippen molar-refractivity contribution in [2.45, 2.75) is 37.9 Å². The topological polar surface area (TPSA) is 18.5 Å². The predicted molar refractivity (Wildman–Crippen MR) is 47.1 cm³/mol. The van der Waals surface area contributed by atoms with Crippen molar-refractivity contribution in [3.8, 4) is 0 Å². The first-order chi connectivity index (χ1) is 6.32. The van der Waals surface area contributed by atoms with E-state index >= 15 is 0 Å². The van der Waals surface area contributed by atoms with Crippen molar-refractivity contribution in [1.29, 1.82) is 0 Å². The van der Waals surface area contributed by atoms with E-state index < -0.39 is 0 Å². The van der Waals surface area contributed by atoms with E-state index in [0.29, 0.717) is 0 Å². The molecule has 0 unspecified atom stereocenters. The van der Waals surface area contributed by atoms with E-state index in [9.17, 15) is 0 Å². The van der Waals surface area contributed by atoms with E-state index in [1.165, 1.54) is 32.1 Å². The van der Waals surface area contributed by atoms with Gasteiger partial charge in [-0.2, -0.15) is 0 Å². The van der Waals surface area contributed by atoms with E-state index in [1.54, 1.807) is 0 Å². The number of ether oxygens (including phenoxy) is 2. The fourth-order valence-corrected chi connectivity index (χ4v) is 3.89. The third-order valence-electron chi connectivity index (χ3n) is 4.76. The molecular weight excluding hydrogens is 164 g/mol. The van der Waals surface area contributed by atoms with Crippen LogP contribution in [0, 0.1) is 17.3 Å². The van der Waals surface area contributed by atoms with Crippen LogP contribution < -0.4 is 0 Å². The number of fused-ring (bicyclic) bond motifs is 2. The molecule has 2 atom stereocenters. The fourth-order valence-electron chi connectivity index (χ4n) is 3.89. The van der Waals surface area contributed by atoms with Crippen LogP contribution in [0.15, 0.2) is 0 Å². The van der Waals surface area contributed by atoms with Gasteiger partial charge < -0.3 is 9.47 Å². The zero-order chi connectivity index (χ0) is 8.52. The summed E-state index contributed by atoms with van der Waals surface area (Å²) >= 11 is 0. The van der Waals surface area contributed by atoms with Crippen LogP contribution >= 0.6 is 0 Å². The van der Waals surface area contributed by atoms with Crippen LogP contribution in [0.1, 0.15) is 32.1 Å². The van der Waals surface area contributed by atoms with Crippen molar-refractivity contribution in [3.05, 3.63) is 0 Å². The van der Waals surface area contributed by atoms with Gasteiger partial charge in [-0.1, -0.05) is 0 Å².